The van der Waals surface area contributed by atoms with E-state index in [1.807, 2.05) is 6.92 Å². The second-order valence-corrected chi connectivity index (χ2v) is 6.12. The fraction of sp³-hybridized carbons (Fsp3) is 0.529. The summed E-state index contributed by atoms with van der Waals surface area (Å²) in [7, 11) is 0. The Morgan fingerprint density at radius 1 is 1.36 bits per heavy atom. The van der Waals surface area contributed by atoms with Crippen LogP contribution in [0.3, 0.4) is 0 Å². The molecule has 0 aliphatic carbocycles. The molecule has 2 unspecified atom stereocenters. The fourth-order valence-corrected chi connectivity index (χ4v) is 2.73. The van der Waals surface area contributed by atoms with Gasteiger partial charge in [0.05, 0.1) is 5.92 Å². The van der Waals surface area contributed by atoms with Crippen molar-refractivity contribution in [1.29, 1.82) is 0 Å². The van der Waals surface area contributed by atoms with Gasteiger partial charge in [-0.2, -0.15) is 0 Å². The molecule has 0 bridgehead atoms. The van der Waals surface area contributed by atoms with Crippen LogP contribution in [-0.4, -0.2) is 41.6 Å². The van der Waals surface area contributed by atoms with Crippen molar-refractivity contribution >= 4 is 12.0 Å². The van der Waals surface area contributed by atoms with Crippen LogP contribution in [-0.2, 0) is 4.79 Å². The number of carboxylic acid groups (broad SMARTS) is 1. The van der Waals surface area contributed by atoms with E-state index in [0.717, 1.165) is 6.42 Å². The molecule has 120 valence electrons. The van der Waals surface area contributed by atoms with Crippen LogP contribution in [0.5, 0.6) is 0 Å². The monoisotopic (exact) mass is 304 g/mol. The summed E-state index contributed by atoms with van der Waals surface area (Å²) in [6.07, 6.45) is 1.40. The third kappa shape index (κ3) is 4.23. The van der Waals surface area contributed by atoms with Crippen LogP contribution in [0.4, 0.5) is 4.79 Å². The third-order valence-electron chi connectivity index (χ3n) is 4.26. The van der Waals surface area contributed by atoms with E-state index in [1.54, 1.807) is 4.90 Å². The molecule has 1 aliphatic rings. The Labute approximate surface area is 131 Å². The average Bonchev–Trinajstić information content (AvgIpc) is 2.53. The van der Waals surface area contributed by atoms with E-state index in [-0.39, 0.29) is 11.9 Å². The summed E-state index contributed by atoms with van der Waals surface area (Å²) in [5, 5.41) is 12.0. The standard InChI is InChI=1S/C17H24N2O3/c1-12-5-7-14(8-6-12)13(2)10-18-17(22)19-9-3-4-15(11-19)16(20)21/h5-8,13,15H,3-4,9-11H2,1-2H3,(H,18,22)(H,20,21). The smallest absolute Gasteiger partial charge is 0.317 e. The highest BCUT2D eigenvalue weighted by Gasteiger charge is 2.28. The number of carboxylic acids is 1. The Kier molecular flexibility index (Phi) is 5.41. The van der Waals surface area contributed by atoms with Crippen molar-refractivity contribution in [1.82, 2.24) is 10.2 Å². The molecule has 5 nitrogen and oxygen atoms in total. The van der Waals surface area contributed by atoms with Crippen LogP contribution in [0, 0.1) is 12.8 Å². The molecule has 2 N–H and O–H groups in total. The van der Waals surface area contributed by atoms with Crippen molar-refractivity contribution in [2.75, 3.05) is 19.6 Å². The number of hydrogen-bond donors (Lipinski definition) is 2. The van der Waals surface area contributed by atoms with Crippen molar-refractivity contribution in [2.24, 2.45) is 5.92 Å². The molecule has 1 aromatic rings. The van der Waals surface area contributed by atoms with Crippen molar-refractivity contribution in [2.45, 2.75) is 32.6 Å². The number of likely N-dealkylation sites (tertiary alicyclic amines) is 1. The second-order valence-electron chi connectivity index (χ2n) is 6.12. The molecule has 0 radical (unpaired) electrons. The maximum absolute atomic E-state index is 12.2. The first-order valence-electron chi connectivity index (χ1n) is 7.79. The fourth-order valence-electron chi connectivity index (χ4n) is 2.73. The number of piperidine rings is 1. The molecule has 1 aliphatic heterocycles. The van der Waals surface area contributed by atoms with E-state index in [0.29, 0.717) is 26.1 Å². The zero-order valence-corrected chi connectivity index (χ0v) is 13.2. The molecule has 2 atom stereocenters. The van der Waals surface area contributed by atoms with E-state index in [1.165, 1.54) is 11.1 Å². The summed E-state index contributed by atoms with van der Waals surface area (Å²) in [6, 6.07) is 8.12. The van der Waals surface area contributed by atoms with Crippen LogP contribution in [0.1, 0.15) is 36.8 Å². The number of benzene rings is 1. The minimum atomic E-state index is -0.814. The lowest BCUT2D eigenvalue weighted by Gasteiger charge is -2.31. The quantitative estimate of drug-likeness (QED) is 0.898. The van der Waals surface area contributed by atoms with Crippen LogP contribution in [0.2, 0.25) is 0 Å². The van der Waals surface area contributed by atoms with Gasteiger partial charge in [0.1, 0.15) is 0 Å². The number of nitrogens with one attached hydrogen (secondary N) is 1. The molecule has 1 fully saturated rings. The zero-order chi connectivity index (χ0) is 16.1. The Bertz CT molecular complexity index is 527. The van der Waals surface area contributed by atoms with Gasteiger partial charge in [0, 0.05) is 19.6 Å². The Balaban J connectivity index is 1.84. The largest absolute Gasteiger partial charge is 0.481 e. The molecular formula is C17H24N2O3. The number of aryl methyl sites for hydroxylation is 1. The van der Waals surface area contributed by atoms with Gasteiger partial charge in [0.25, 0.3) is 0 Å². The highest BCUT2D eigenvalue weighted by atomic mass is 16.4. The summed E-state index contributed by atoms with van der Waals surface area (Å²) in [5.74, 6) is -1.02. The number of amides is 2. The van der Waals surface area contributed by atoms with Crippen molar-refractivity contribution in [3.63, 3.8) is 0 Å². The highest BCUT2D eigenvalue weighted by Crippen LogP contribution is 2.18. The van der Waals surface area contributed by atoms with Crippen LogP contribution < -0.4 is 5.32 Å². The first-order chi connectivity index (χ1) is 10.5. The van der Waals surface area contributed by atoms with Crippen LogP contribution in [0.25, 0.3) is 0 Å². The van der Waals surface area contributed by atoms with Gasteiger partial charge < -0.3 is 15.3 Å². The molecule has 22 heavy (non-hydrogen) atoms. The molecule has 0 spiro atoms. The van der Waals surface area contributed by atoms with Crippen LogP contribution >= 0.6 is 0 Å². The lowest BCUT2D eigenvalue weighted by Crippen LogP contribution is -2.47. The average molecular weight is 304 g/mol. The van der Waals surface area contributed by atoms with Gasteiger partial charge in [-0.15, -0.1) is 0 Å². The Morgan fingerprint density at radius 2 is 2.05 bits per heavy atom. The number of hydrogen-bond acceptors (Lipinski definition) is 2. The molecule has 2 rings (SSSR count). The van der Waals surface area contributed by atoms with Crippen molar-refractivity contribution < 1.29 is 14.7 Å². The van der Waals surface area contributed by atoms with Gasteiger partial charge >= 0.3 is 12.0 Å². The van der Waals surface area contributed by atoms with Gasteiger partial charge in [-0.05, 0) is 31.2 Å². The number of urea groups is 1. The third-order valence-corrected chi connectivity index (χ3v) is 4.26. The normalized spacial score (nSPS) is 19.5. The number of nitrogens with zero attached hydrogens (tertiary/aromatic N) is 1. The topological polar surface area (TPSA) is 69.6 Å². The number of rotatable bonds is 4. The molecule has 1 aromatic carbocycles. The second kappa shape index (κ2) is 7.29. The molecule has 0 aromatic heterocycles. The summed E-state index contributed by atoms with van der Waals surface area (Å²) < 4.78 is 0. The molecule has 2 amide bonds. The molecule has 5 heteroatoms. The molecule has 1 heterocycles. The number of aliphatic carboxylic acids is 1. The number of carbonyl (C=O) groups excluding carboxylic acids is 1. The van der Waals surface area contributed by atoms with Gasteiger partial charge in [-0.1, -0.05) is 36.8 Å². The summed E-state index contributed by atoms with van der Waals surface area (Å²) in [4.78, 5) is 24.8. The first-order valence-corrected chi connectivity index (χ1v) is 7.79. The van der Waals surface area contributed by atoms with Crippen LogP contribution in [0.15, 0.2) is 24.3 Å². The van der Waals surface area contributed by atoms with E-state index < -0.39 is 11.9 Å². The first kappa shape index (κ1) is 16.3. The number of carbonyl (C=O) groups is 2. The lowest BCUT2D eigenvalue weighted by molar-refractivity contribution is -0.143. The molecule has 1 saturated heterocycles. The maximum atomic E-state index is 12.2. The van der Waals surface area contributed by atoms with Gasteiger partial charge in [0.2, 0.25) is 0 Å². The van der Waals surface area contributed by atoms with E-state index >= 15 is 0 Å². The Morgan fingerprint density at radius 3 is 2.68 bits per heavy atom. The maximum Gasteiger partial charge on any atom is 0.317 e. The zero-order valence-electron chi connectivity index (χ0n) is 13.2. The van der Waals surface area contributed by atoms with E-state index in [2.05, 4.69) is 36.5 Å². The van der Waals surface area contributed by atoms with Crippen molar-refractivity contribution in [3.05, 3.63) is 35.4 Å². The minimum absolute atomic E-state index is 0.162. The van der Waals surface area contributed by atoms with Gasteiger partial charge in [-0.25, -0.2) is 4.79 Å². The summed E-state index contributed by atoms with van der Waals surface area (Å²) in [6.45, 7) is 5.61. The summed E-state index contributed by atoms with van der Waals surface area (Å²) >= 11 is 0. The van der Waals surface area contributed by atoms with Crippen molar-refractivity contribution in [3.8, 4) is 0 Å². The van der Waals surface area contributed by atoms with E-state index in [4.69, 9.17) is 5.11 Å². The van der Waals surface area contributed by atoms with Gasteiger partial charge in [0.15, 0.2) is 0 Å². The molecular weight excluding hydrogens is 280 g/mol. The Hall–Kier alpha value is -2.04. The SMILES string of the molecule is Cc1ccc(C(C)CNC(=O)N2CCCC(C(=O)O)C2)cc1. The summed E-state index contributed by atoms with van der Waals surface area (Å²) in [5.41, 5.74) is 2.40. The van der Waals surface area contributed by atoms with E-state index in [9.17, 15) is 9.59 Å². The lowest BCUT2D eigenvalue weighted by atomic mass is 9.98. The molecule has 0 saturated carbocycles. The van der Waals surface area contributed by atoms with Gasteiger partial charge in [-0.3, -0.25) is 4.79 Å². The predicted molar refractivity (Wildman–Crippen MR) is 84.9 cm³/mol. The predicted octanol–water partition coefficient (Wildman–Crippen LogP) is 2.60. The highest BCUT2D eigenvalue weighted by molar-refractivity contribution is 5.76. The minimum Gasteiger partial charge on any atom is -0.481 e.